The highest BCUT2D eigenvalue weighted by molar-refractivity contribution is 8.13. The van der Waals surface area contributed by atoms with E-state index in [4.69, 9.17) is 51.1 Å². The van der Waals surface area contributed by atoms with Crippen molar-refractivity contribution < 1.29 is 49.8 Å². The van der Waals surface area contributed by atoms with E-state index in [0.717, 1.165) is 40.9 Å². The average Bonchev–Trinajstić information content (AvgIpc) is 3.68. The van der Waals surface area contributed by atoms with E-state index in [1.807, 2.05) is 0 Å². The van der Waals surface area contributed by atoms with Crippen molar-refractivity contribution in [3.05, 3.63) is 120 Å². The Balaban J connectivity index is 1.36. The van der Waals surface area contributed by atoms with Gasteiger partial charge in [-0.2, -0.15) is 18.2 Å². The Morgan fingerprint density at radius 3 is 2.23 bits per heavy atom. The summed E-state index contributed by atoms with van der Waals surface area (Å²) in [5.74, 6) is -1.38. The summed E-state index contributed by atoms with van der Waals surface area (Å²) in [5.41, 5.74) is 1.41. The minimum atomic E-state index is -4.84. The molecule has 318 valence electrons. The van der Waals surface area contributed by atoms with Crippen LogP contribution >= 0.6 is 58.2 Å². The van der Waals surface area contributed by atoms with Crippen molar-refractivity contribution in [2.45, 2.75) is 41.1 Å². The summed E-state index contributed by atoms with van der Waals surface area (Å²) in [6, 6.07) is 21.9. The molecule has 0 bridgehead atoms. The molecule has 1 unspecified atom stereocenters. The van der Waals surface area contributed by atoms with Crippen LogP contribution in [-0.2, 0) is 10.5 Å². The zero-order chi connectivity index (χ0) is 43.7. The summed E-state index contributed by atoms with van der Waals surface area (Å²) in [7, 11) is 0. The molecule has 1 heterocycles. The van der Waals surface area contributed by atoms with Crippen molar-refractivity contribution in [2.75, 3.05) is 18.1 Å². The number of halogens is 11. The molecule has 5 rings (SSSR count). The lowest BCUT2D eigenvalue weighted by Gasteiger charge is -2.27. The van der Waals surface area contributed by atoms with E-state index in [9.17, 15) is 35.9 Å². The maximum atomic E-state index is 15.5. The zero-order valence-electron chi connectivity index (χ0n) is 30.4. The standard InChI is InChI=1S/C38H29Cl4F7N6O4S/c39-26-10-15-31(58-21-37(44,45)46)30(18-26)55(32(56)16-17-36(40,41)42)35(60-20-23-4-2-1-3-5-23)52-34(57)50-19-29(43)24-6-8-25(9-7-24)33-51-22-54(53-33)27-11-13-28(14-12-27)59-38(47,48)49/h1-15,18,22,29H,16-17,19-21H2,(H,50,57). The molecule has 4 aromatic carbocycles. The van der Waals surface area contributed by atoms with Gasteiger partial charge >= 0.3 is 18.6 Å². The summed E-state index contributed by atoms with van der Waals surface area (Å²) >= 11 is 24.8. The Hall–Kier alpha value is -4.75. The normalized spacial score (nSPS) is 12.8. The first-order chi connectivity index (χ1) is 28.2. The second-order valence-corrected chi connectivity index (χ2v) is 16.3. The Morgan fingerprint density at radius 2 is 1.60 bits per heavy atom. The number of nitrogens with one attached hydrogen (secondary N) is 1. The number of carbonyl (C=O) groups is 2. The van der Waals surface area contributed by atoms with E-state index in [0.29, 0.717) is 16.8 Å². The number of urea groups is 1. The number of nitrogens with zero attached hydrogens (tertiary/aromatic N) is 5. The molecule has 0 saturated heterocycles. The van der Waals surface area contributed by atoms with E-state index in [2.05, 4.69) is 25.1 Å². The molecular weight excluding hydrogens is 911 g/mol. The van der Waals surface area contributed by atoms with Crippen molar-refractivity contribution in [3.8, 4) is 28.6 Å². The SMILES string of the molecule is O=C(N=C(SCc1ccccc1)N(C(=O)CCC(Cl)(Cl)Cl)c1cc(Cl)ccc1OCC(F)(F)F)NCC(F)c1ccc(-c2ncn(-c3ccc(OC(F)(F)F)cc3)n2)cc1. The third-order valence-corrected chi connectivity index (χ3v) is 9.63. The number of amides is 3. The van der Waals surface area contributed by atoms with Crippen LogP contribution in [0, 0.1) is 0 Å². The molecule has 3 amide bonds. The number of carbonyl (C=O) groups excluding carboxylic acids is 2. The van der Waals surface area contributed by atoms with Crippen LogP contribution in [0.5, 0.6) is 11.5 Å². The minimum absolute atomic E-state index is 0.0102. The molecule has 0 aliphatic carbocycles. The summed E-state index contributed by atoms with van der Waals surface area (Å²) < 4.78 is 101. The number of ether oxygens (including phenoxy) is 2. The molecule has 60 heavy (non-hydrogen) atoms. The first kappa shape index (κ1) is 46.3. The number of benzene rings is 4. The summed E-state index contributed by atoms with van der Waals surface area (Å²) in [6.07, 6.45) is -10.9. The van der Waals surface area contributed by atoms with Crippen LogP contribution in [0.1, 0.15) is 30.1 Å². The van der Waals surface area contributed by atoms with Gasteiger partial charge in [0, 0.05) is 29.2 Å². The fourth-order valence-electron chi connectivity index (χ4n) is 5.10. The highest BCUT2D eigenvalue weighted by Gasteiger charge is 2.33. The van der Waals surface area contributed by atoms with Gasteiger partial charge in [-0.1, -0.05) is 113 Å². The molecular formula is C38H29Cl4F7N6O4S. The monoisotopic (exact) mass is 938 g/mol. The van der Waals surface area contributed by atoms with Gasteiger partial charge in [0.15, 0.2) is 21.4 Å². The van der Waals surface area contributed by atoms with Crippen LogP contribution in [0.25, 0.3) is 17.1 Å². The van der Waals surface area contributed by atoms with Crippen molar-refractivity contribution >= 4 is 81.0 Å². The summed E-state index contributed by atoms with van der Waals surface area (Å²) in [5, 5.41) is 6.31. The lowest BCUT2D eigenvalue weighted by Crippen LogP contribution is -2.38. The third kappa shape index (κ3) is 14.5. The van der Waals surface area contributed by atoms with Gasteiger partial charge in [0.2, 0.25) is 5.91 Å². The average molecular weight is 941 g/mol. The van der Waals surface area contributed by atoms with Gasteiger partial charge in [0.1, 0.15) is 24.0 Å². The summed E-state index contributed by atoms with van der Waals surface area (Å²) in [4.78, 5) is 36.3. The zero-order valence-corrected chi connectivity index (χ0v) is 34.2. The Bertz CT molecular complexity index is 2260. The Morgan fingerprint density at radius 1 is 0.917 bits per heavy atom. The lowest BCUT2D eigenvalue weighted by atomic mass is 10.1. The predicted octanol–water partition coefficient (Wildman–Crippen LogP) is 11.6. The maximum absolute atomic E-state index is 15.5. The minimum Gasteiger partial charge on any atom is -0.482 e. The largest absolute Gasteiger partial charge is 0.573 e. The van der Waals surface area contributed by atoms with Gasteiger partial charge in [-0.3, -0.25) is 9.69 Å². The smallest absolute Gasteiger partial charge is 0.482 e. The molecule has 1 atom stereocenters. The topological polar surface area (TPSA) is 111 Å². The molecule has 0 fully saturated rings. The number of anilines is 1. The lowest BCUT2D eigenvalue weighted by molar-refractivity contribution is -0.274. The molecule has 0 aliphatic rings. The second kappa shape index (κ2) is 20.2. The fourth-order valence-corrected chi connectivity index (χ4v) is 6.52. The van der Waals surface area contributed by atoms with Crippen LogP contribution in [0.15, 0.2) is 108 Å². The highest BCUT2D eigenvalue weighted by Crippen LogP contribution is 2.38. The van der Waals surface area contributed by atoms with E-state index in [1.54, 1.807) is 30.3 Å². The summed E-state index contributed by atoms with van der Waals surface area (Å²) in [6.45, 7) is -2.33. The number of rotatable bonds is 13. The van der Waals surface area contributed by atoms with Gasteiger partial charge in [-0.25, -0.2) is 18.9 Å². The molecule has 1 aromatic heterocycles. The van der Waals surface area contributed by atoms with Crippen molar-refractivity contribution in [1.82, 2.24) is 20.1 Å². The molecule has 0 radical (unpaired) electrons. The van der Waals surface area contributed by atoms with Crippen molar-refractivity contribution in [2.24, 2.45) is 4.99 Å². The van der Waals surface area contributed by atoms with Crippen LogP contribution in [0.3, 0.4) is 0 Å². The molecule has 22 heteroatoms. The van der Waals surface area contributed by atoms with Crippen LogP contribution < -0.4 is 19.7 Å². The number of hydrogen-bond donors (Lipinski definition) is 1. The number of aliphatic imine (C=N–C) groups is 1. The Labute approximate surface area is 361 Å². The van der Waals surface area contributed by atoms with Gasteiger partial charge in [0.25, 0.3) is 0 Å². The van der Waals surface area contributed by atoms with Gasteiger partial charge in [0.05, 0.1) is 17.9 Å². The number of alkyl halides is 10. The van der Waals surface area contributed by atoms with Crippen LogP contribution in [-0.4, -0.2) is 61.4 Å². The predicted molar refractivity (Wildman–Crippen MR) is 216 cm³/mol. The molecule has 1 N–H and O–H groups in total. The molecule has 5 aromatic rings. The van der Waals surface area contributed by atoms with E-state index < -0.39 is 65.5 Å². The van der Waals surface area contributed by atoms with Crippen LogP contribution in [0.2, 0.25) is 5.02 Å². The van der Waals surface area contributed by atoms with Gasteiger partial charge in [-0.15, -0.1) is 18.3 Å². The molecule has 0 spiro atoms. The van der Waals surface area contributed by atoms with Crippen LogP contribution in [0.4, 0.5) is 41.2 Å². The second-order valence-electron chi connectivity index (χ2n) is 12.4. The number of thioether (sulfide) groups is 1. The molecule has 0 saturated carbocycles. The van der Waals surface area contributed by atoms with Crippen molar-refractivity contribution in [1.29, 1.82) is 0 Å². The van der Waals surface area contributed by atoms with E-state index in [1.165, 1.54) is 53.5 Å². The highest BCUT2D eigenvalue weighted by atomic mass is 35.6. The molecule has 10 nitrogen and oxygen atoms in total. The van der Waals surface area contributed by atoms with Gasteiger partial charge < -0.3 is 14.8 Å². The first-order valence-corrected chi connectivity index (χ1v) is 19.7. The quantitative estimate of drug-likeness (QED) is 0.0542. The van der Waals surface area contributed by atoms with E-state index >= 15 is 4.39 Å². The number of hydrogen-bond acceptors (Lipinski definition) is 7. The first-order valence-electron chi connectivity index (χ1n) is 17.2. The molecule has 0 aliphatic heterocycles. The Kier molecular flexibility index (Phi) is 15.6. The van der Waals surface area contributed by atoms with Gasteiger partial charge in [-0.05, 0) is 53.6 Å². The number of aromatic nitrogens is 3. The van der Waals surface area contributed by atoms with Crippen molar-refractivity contribution in [3.63, 3.8) is 0 Å². The number of amidine groups is 1. The third-order valence-electron chi connectivity index (χ3n) is 7.81. The maximum Gasteiger partial charge on any atom is 0.573 e. The fraction of sp³-hybridized carbons (Fsp3) is 0.237. The van der Waals surface area contributed by atoms with E-state index in [-0.39, 0.29) is 39.4 Å².